The third kappa shape index (κ3) is 5.50. The summed E-state index contributed by atoms with van der Waals surface area (Å²) in [6.07, 6.45) is 10.6. The summed E-state index contributed by atoms with van der Waals surface area (Å²) in [7, 11) is 1.75. The summed E-state index contributed by atoms with van der Waals surface area (Å²) in [5.74, 6) is 6.52. The van der Waals surface area contributed by atoms with E-state index in [2.05, 4.69) is 5.43 Å². The average Bonchev–Trinajstić information content (AvgIpc) is 2.76. The number of ether oxygens (including phenoxy) is 1. The SMILES string of the molecule is COCCCC(CCC1CCCC1)NN. The third-order valence-corrected chi connectivity index (χ3v) is 3.53. The molecular weight excluding hydrogens is 188 g/mol. The Morgan fingerprint density at radius 1 is 1.33 bits per heavy atom. The van der Waals surface area contributed by atoms with Crippen LogP contribution in [0.4, 0.5) is 0 Å². The first-order valence-corrected chi connectivity index (χ1v) is 6.32. The molecule has 90 valence electrons. The van der Waals surface area contributed by atoms with Crippen molar-refractivity contribution in [2.45, 2.75) is 57.4 Å². The first-order valence-electron chi connectivity index (χ1n) is 6.32. The molecule has 0 radical (unpaired) electrons. The van der Waals surface area contributed by atoms with Crippen molar-refractivity contribution in [1.29, 1.82) is 0 Å². The molecule has 0 aliphatic heterocycles. The molecule has 0 aromatic rings. The van der Waals surface area contributed by atoms with Crippen LogP contribution in [-0.4, -0.2) is 19.8 Å². The van der Waals surface area contributed by atoms with Crippen LogP contribution in [0.1, 0.15) is 51.4 Å². The summed E-state index contributed by atoms with van der Waals surface area (Å²) in [4.78, 5) is 0. The van der Waals surface area contributed by atoms with Crippen LogP contribution in [0, 0.1) is 5.92 Å². The fraction of sp³-hybridized carbons (Fsp3) is 1.00. The maximum Gasteiger partial charge on any atom is 0.0462 e. The van der Waals surface area contributed by atoms with Crippen LogP contribution in [0.25, 0.3) is 0 Å². The Kier molecular flexibility index (Phi) is 6.98. The van der Waals surface area contributed by atoms with Gasteiger partial charge in [0.05, 0.1) is 0 Å². The van der Waals surface area contributed by atoms with E-state index in [4.69, 9.17) is 10.6 Å². The van der Waals surface area contributed by atoms with Crippen molar-refractivity contribution in [3.63, 3.8) is 0 Å². The van der Waals surface area contributed by atoms with Crippen molar-refractivity contribution in [3.8, 4) is 0 Å². The van der Waals surface area contributed by atoms with E-state index >= 15 is 0 Å². The van der Waals surface area contributed by atoms with Crippen LogP contribution in [0.2, 0.25) is 0 Å². The van der Waals surface area contributed by atoms with Gasteiger partial charge in [-0.15, -0.1) is 0 Å². The number of rotatable bonds is 8. The van der Waals surface area contributed by atoms with Gasteiger partial charge in [0.15, 0.2) is 0 Å². The van der Waals surface area contributed by atoms with Crippen molar-refractivity contribution in [2.75, 3.05) is 13.7 Å². The van der Waals surface area contributed by atoms with Gasteiger partial charge in [-0.2, -0.15) is 0 Å². The molecule has 0 amide bonds. The van der Waals surface area contributed by atoms with Crippen molar-refractivity contribution in [2.24, 2.45) is 11.8 Å². The molecule has 0 bridgehead atoms. The van der Waals surface area contributed by atoms with Crippen molar-refractivity contribution in [3.05, 3.63) is 0 Å². The van der Waals surface area contributed by atoms with Crippen molar-refractivity contribution < 1.29 is 4.74 Å². The highest BCUT2D eigenvalue weighted by Crippen LogP contribution is 2.29. The molecule has 1 atom stereocenters. The van der Waals surface area contributed by atoms with Crippen LogP contribution >= 0.6 is 0 Å². The minimum atomic E-state index is 0.487. The lowest BCUT2D eigenvalue weighted by Gasteiger charge is -2.17. The molecule has 1 aliphatic rings. The largest absolute Gasteiger partial charge is 0.385 e. The molecular formula is C12H26N2O. The molecule has 3 heteroatoms. The molecule has 0 aromatic heterocycles. The van der Waals surface area contributed by atoms with Crippen LogP contribution in [-0.2, 0) is 4.74 Å². The van der Waals surface area contributed by atoms with Crippen LogP contribution < -0.4 is 11.3 Å². The molecule has 0 spiro atoms. The Labute approximate surface area is 93.7 Å². The van der Waals surface area contributed by atoms with E-state index in [-0.39, 0.29) is 0 Å². The lowest BCUT2D eigenvalue weighted by molar-refractivity contribution is 0.187. The number of hydrazine groups is 1. The quantitative estimate of drug-likeness (QED) is 0.370. The zero-order chi connectivity index (χ0) is 10.9. The van der Waals surface area contributed by atoms with E-state index in [9.17, 15) is 0 Å². The highest BCUT2D eigenvalue weighted by molar-refractivity contribution is 4.71. The van der Waals surface area contributed by atoms with Gasteiger partial charge < -0.3 is 4.74 Å². The second-order valence-electron chi connectivity index (χ2n) is 4.73. The smallest absolute Gasteiger partial charge is 0.0462 e. The van der Waals surface area contributed by atoms with Gasteiger partial charge in [-0.25, -0.2) is 0 Å². The maximum absolute atomic E-state index is 5.55. The van der Waals surface area contributed by atoms with E-state index in [1.54, 1.807) is 7.11 Å². The molecule has 3 N–H and O–H groups in total. The van der Waals surface area contributed by atoms with Gasteiger partial charge in [0.25, 0.3) is 0 Å². The number of hydrogen-bond acceptors (Lipinski definition) is 3. The summed E-state index contributed by atoms with van der Waals surface area (Å²) >= 11 is 0. The van der Waals surface area contributed by atoms with E-state index in [0.717, 1.165) is 25.4 Å². The number of nitrogens with two attached hydrogens (primary N) is 1. The molecule has 1 rings (SSSR count). The monoisotopic (exact) mass is 214 g/mol. The second-order valence-corrected chi connectivity index (χ2v) is 4.73. The van der Waals surface area contributed by atoms with Gasteiger partial charge in [-0.1, -0.05) is 25.7 Å². The zero-order valence-corrected chi connectivity index (χ0v) is 10.0. The van der Waals surface area contributed by atoms with Gasteiger partial charge in [0.1, 0.15) is 0 Å². The molecule has 1 saturated carbocycles. The predicted molar refractivity (Wildman–Crippen MR) is 63.4 cm³/mol. The molecule has 0 saturated heterocycles. The van der Waals surface area contributed by atoms with E-state index in [1.807, 2.05) is 0 Å². The minimum absolute atomic E-state index is 0.487. The van der Waals surface area contributed by atoms with Crippen LogP contribution in [0.3, 0.4) is 0 Å². The first-order chi connectivity index (χ1) is 7.36. The number of hydrogen-bond donors (Lipinski definition) is 2. The molecule has 0 aromatic carbocycles. The fourth-order valence-electron chi connectivity index (χ4n) is 2.52. The summed E-state index contributed by atoms with van der Waals surface area (Å²) in [6, 6.07) is 0.487. The Bertz CT molecular complexity index is 147. The molecule has 1 fully saturated rings. The van der Waals surface area contributed by atoms with Crippen molar-refractivity contribution in [1.82, 2.24) is 5.43 Å². The van der Waals surface area contributed by atoms with Crippen LogP contribution in [0.15, 0.2) is 0 Å². The van der Waals surface area contributed by atoms with E-state index in [0.29, 0.717) is 6.04 Å². The highest BCUT2D eigenvalue weighted by atomic mass is 16.5. The predicted octanol–water partition coefficient (Wildman–Crippen LogP) is 2.22. The summed E-state index contributed by atoms with van der Waals surface area (Å²) < 4.78 is 5.05. The summed E-state index contributed by atoms with van der Waals surface area (Å²) in [5.41, 5.74) is 2.93. The summed E-state index contributed by atoms with van der Waals surface area (Å²) in [5, 5.41) is 0. The number of nitrogens with one attached hydrogen (secondary N) is 1. The summed E-state index contributed by atoms with van der Waals surface area (Å²) in [6.45, 7) is 0.849. The minimum Gasteiger partial charge on any atom is -0.385 e. The topological polar surface area (TPSA) is 47.3 Å². The van der Waals surface area contributed by atoms with Gasteiger partial charge in [0.2, 0.25) is 0 Å². The Hall–Kier alpha value is -0.120. The maximum atomic E-state index is 5.55. The third-order valence-electron chi connectivity index (χ3n) is 3.53. The molecule has 0 heterocycles. The fourth-order valence-corrected chi connectivity index (χ4v) is 2.52. The number of methoxy groups -OCH3 is 1. The first kappa shape index (κ1) is 12.9. The molecule has 15 heavy (non-hydrogen) atoms. The van der Waals surface area contributed by atoms with Crippen molar-refractivity contribution >= 4 is 0 Å². The average molecular weight is 214 g/mol. The van der Waals surface area contributed by atoms with Gasteiger partial charge in [0, 0.05) is 19.8 Å². The highest BCUT2D eigenvalue weighted by Gasteiger charge is 2.16. The Balaban J connectivity index is 2.04. The molecule has 3 nitrogen and oxygen atoms in total. The van der Waals surface area contributed by atoms with Crippen LogP contribution in [0.5, 0.6) is 0 Å². The standard InChI is InChI=1S/C12H26N2O/c1-15-10-4-7-12(14-13)9-8-11-5-2-3-6-11/h11-12,14H,2-10,13H2,1H3. The van der Waals surface area contributed by atoms with Gasteiger partial charge in [-0.3, -0.25) is 11.3 Å². The van der Waals surface area contributed by atoms with E-state index in [1.165, 1.54) is 38.5 Å². The molecule has 1 aliphatic carbocycles. The van der Waals surface area contributed by atoms with Gasteiger partial charge in [-0.05, 0) is 31.6 Å². The zero-order valence-electron chi connectivity index (χ0n) is 10.0. The van der Waals surface area contributed by atoms with E-state index < -0.39 is 0 Å². The Morgan fingerprint density at radius 3 is 2.67 bits per heavy atom. The lowest BCUT2D eigenvalue weighted by Crippen LogP contribution is -2.35. The normalized spacial score (nSPS) is 19.6. The Morgan fingerprint density at radius 2 is 2.07 bits per heavy atom. The second kappa shape index (κ2) is 8.08. The molecule has 1 unspecified atom stereocenters. The van der Waals surface area contributed by atoms with Gasteiger partial charge >= 0.3 is 0 Å². The lowest BCUT2D eigenvalue weighted by atomic mass is 9.97.